The van der Waals surface area contributed by atoms with Gasteiger partial charge in [-0.2, -0.15) is 5.10 Å². The number of nitrogens with zero attached hydrogens (tertiary/aromatic N) is 2. The zero-order valence-corrected chi connectivity index (χ0v) is 16.3. The van der Waals surface area contributed by atoms with Crippen LogP contribution in [0.4, 0.5) is 0 Å². The number of amides is 1. The second-order valence-electron chi connectivity index (χ2n) is 5.53. The maximum atomic E-state index is 12.0. The van der Waals surface area contributed by atoms with Crippen LogP contribution in [0.25, 0.3) is 11.0 Å². The number of hydrogen-bond acceptors (Lipinski definition) is 5. The maximum Gasteiger partial charge on any atom is 0.271 e. The monoisotopic (exact) mass is 440 g/mol. The van der Waals surface area contributed by atoms with E-state index in [2.05, 4.69) is 36.4 Å². The fraction of sp³-hybridized carbons (Fsp3) is 0. The first kappa shape index (κ1) is 17.6. The Morgan fingerprint density at radius 3 is 2.93 bits per heavy atom. The number of fused-ring (bicyclic) bond motifs is 1. The second-order valence-corrected chi connectivity index (χ2v) is 7.44. The van der Waals surface area contributed by atoms with Gasteiger partial charge < -0.3 is 9.40 Å². The molecule has 6 nitrogen and oxygen atoms in total. The molecule has 0 fully saturated rings. The summed E-state index contributed by atoms with van der Waals surface area (Å²) in [4.78, 5) is 19.8. The molecule has 0 bridgehead atoms. The number of benzene rings is 2. The van der Waals surface area contributed by atoms with Gasteiger partial charge in [0.25, 0.3) is 5.91 Å². The van der Waals surface area contributed by atoms with E-state index in [1.54, 1.807) is 24.3 Å². The summed E-state index contributed by atoms with van der Waals surface area (Å²) in [5.74, 6) is 0.235. The number of rotatable bonds is 5. The number of carbonyl (C=O) groups excluding carboxylic acids is 1. The minimum Gasteiger partial charge on any atom is -0.448 e. The van der Waals surface area contributed by atoms with Crippen molar-refractivity contribution in [2.45, 2.75) is 10.2 Å². The highest BCUT2D eigenvalue weighted by atomic mass is 79.9. The molecule has 0 saturated carbocycles. The Morgan fingerprint density at radius 1 is 1.19 bits per heavy atom. The van der Waals surface area contributed by atoms with Crippen LogP contribution in [0.2, 0.25) is 0 Å². The summed E-state index contributed by atoms with van der Waals surface area (Å²) in [6.45, 7) is 0. The molecule has 0 unspecified atom stereocenters. The van der Waals surface area contributed by atoms with Gasteiger partial charge in [0.2, 0.25) is 0 Å². The van der Waals surface area contributed by atoms with Crippen molar-refractivity contribution in [2.75, 3.05) is 0 Å². The molecule has 0 spiro atoms. The zero-order valence-electron chi connectivity index (χ0n) is 13.8. The van der Waals surface area contributed by atoms with E-state index in [0.717, 1.165) is 20.7 Å². The lowest BCUT2D eigenvalue weighted by atomic mass is 10.2. The lowest BCUT2D eigenvalue weighted by molar-refractivity contribution is 0.0955. The van der Waals surface area contributed by atoms with E-state index < -0.39 is 0 Å². The average Bonchev–Trinajstić information content (AvgIpc) is 3.28. The van der Waals surface area contributed by atoms with Gasteiger partial charge in [0, 0.05) is 10.0 Å². The second kappa shape index (κ2) is 7.81. The Balaban J connectivity index is 1.39. The van der Waals surface area contributed by atoms with Crippen LogP contribution < -0.4 is 5.43 Å². The number of carbonyl (C=O) groups is 1. The van der Waals surface area contributed by atoms with Gasteiger partial charge in [0.05, 0.1) is 17.2 Å². The number of halogens is 1. The fourth-order valence-electron chi connectivity index (χ4n) is 2.38. The van der Waals surface area contributed by atoms with E-state index in [-0.39, 0.29) is 5.91 Å². The molecular weight excluding hydrogens is 428 g/mol. The topological polar surface area (TPSA) is 83.3 Å². The largest absolute Gasteiger partial charge is 0.448 e. The van der Waals surface area contributed by atoms with Crippen molar-refractivity contribution in [1.82, 2.24) is 15.4 Å². The Labute approximate surface area is 167 Å². The number of hydrazone groups is 1. The summed E-state index contributed by atoms with van der Waals surface area (Å²) >= 11 is 4.72. The molecule has 8 heteroatoms. The van der Waals surface area contributed by atoms with Crippen LogP contribution >= 0.6 is 27.7 Å². The quantitative estimate of drug-likeness (QED) is 0.343. The summed E-state index contributed by atoms with van der Waals surface area (Å²) in [6, 6.07) is 18.5. The van der Waals surface area contributed by atoms with Gasteiger partial charge in [-0.15, -0.1) is 0 Å². The van der Waals surface area contributed by atoms with Crippen molar-refractivity contribution in [3.05, 3.63) is 76.5 Å². The highest BCUT2D eigenvalue weighted by molar-refractivity contribution is 9.10. The molecule has 1 amide bonds. The van der Waals surface area contributed by atoms with Gasteiger partial charge in [0.1, 0.15) is 5.76 Å². The average molecular weight is 441 g/mol. The molecule has 2 N–H and O–H groups in total. The third-order valence-electron chi connectivity index (χ3n) is 3.61. The molecule has 0 aliphatic rings. The Kier molecular flexibility index (Phi) is 5.08. The molecule has 0 aliphatic carbocycles. The van der Waals surface area contributed by atoms with Crippen molar-refractivity contribution in [2.24, 2.45) is 5.10 Å². The first-order valence-electron chi connectivity index (χ1n) is 7.99. The molecule has 0 saturated heterocycles. The lowest BCUT2D eigenvalue weighted by Crippen LogP contribution is -2.17. The van der Waals surface area contributed by atoms with Crippen molar-refractivity contribution in [3.8, 4) is 0 Å². The van der Waals surface area contributed by atoms with Gasteiger partial charge in [0.15, 0.2) is 10.2 Å². The van der Waals surface area contributed by atoms with E-state index >= 15 is 0 Å². The van der Waals surface area contributed by atoms with Crippen molar-refractivity contribution < 1.29 is 9.21 Å². The molecule has 0 radical (unpaired) electrons. The summed E-state index contributed by atoms with van der Waals surface area (Å²) < 4.78 is 6.52. The van der Waals surface area contributed by atoms with E-state index in [4.69, 9.17) is 4.42 Å². The van der Waals surface area contributed by atoms with E-state index in [9.17, 15) is 4.79 Å². The molecule has 4 rings (SSSR count). The molecule has 4 aromatic rings. The number of imidazole rings is 1. The minimum atomic E-state index is -0.295. The molecule has 27 heavy (non-hydrogen) atoms. The number of H-pyrrole nitrogens is 1. The SMILES string of the molecule is O=C(NN=Cc1ccc(Sc2nc3ccccc3[nH]2)o1)c1cccc(Br)c1. The summed E-state index contributed by atoms with van der Waals surface area (Å²) in [6.07, 6.45) is 1.46. The molecule has 2 aromatic heterocycles. The molecule has 2 heterocycles. The fourth-order valence-corrected chi connectivity index (χ4v) is 3.55. The predicted molar refractivity (Wildman–Crippen MR) is 108 cm³/mol. The number of nitrogens with one attached hydrogen (secondary N) is 2. The third-order valence-corrected chi connectivity index (χ3v) is 4.91. The van der Waals surface area contributed by atoms with Gasteiger partial charge in [-0.05, 0) is 54.2 Å². The predicted octanol–water partition coefficient (Wildman–Crippen LogP) is 4.83. The van der Waals surface area contributed by atoms with E-state index in [1.165, 1.54) is 18.0 Å². The van der Waals surface area contributed by atoms with Crippen LogP contribution in [0.5, 0.6) is 0 Å². The molecule has 134 valence electrons. The summed E-state index contributed by atoms with van der Waals surface area (Å²) in [5, 5.41) is 5.36. The summed E-state index contributed by atoms with van der Waals surface area (Å²) in [7, 11) is 0. The van der Waals surface area contributed by atoms with Gasteiger partial charge in [-0.1, -0.05) is 34.1 Å². The van der Waals surface area contributed by atoms with E-state index in [1.807, 2.05) is 36.4 Å². The van der Waals surface area contributed by atoms with Crippen molar-refractivity contribution >= 4 is 50.8 Å². The zero-order chi connectivity index (χ0) is 18.6. The highest BCUT2D eigenvalue weighted by Gasteiger charge is 2.08. The number of aromatic amines is 1. The normalized spacial score (nSPS) is 11.3. The molecule has 2 aromatic carbocycles. The Bertz CT molecular complexity index is 1100. The third kappa shape index (κ3) is 4.29. The molecular formula is C19H13BrN4O2S. The van der Waals surface area contributed by atoms with Crippen LogP contribution in [-0.4, -0.2) is 22.1 Å². The first-order valence-corrected chi connectivity index (χ1v) is 9.60. The van der Waals surface area contributed by atoms with Crippen molar-refractivity contribution in [3.63, 3.8) is 0 Å². The molecule has 0 aliphatic heterocycles. The van der Waals surface area contributed by atoms with Gasteiger partial charge in [-0.3, -0.25) is 4.79 Å². The number of furan rings is 1. The smallest absolute Gasteiger partial charge is 0.271 e. The van der Waals surface area contributed by atoms with Crippen molar-refractivity contribution in [1.29, 1.82) is 0 Å². The van der Waals surface area contributed by atoms with E-state index in [0.29, 0.717) is 16.4 Å². The lowest BCUT2D eigenvalue weighted by Gasteiger charge is -1.99. The van der Waals surface area contributed by atoms with Gasteiger partial charge >= 0.3 is 0 Å². The highest BCUT2D eigenvalue weighted by Crippen LogP contribution is 2.28. The van der Waals surface area contributed by atoms with Crippen LogP contribution in [0.3, 0.4) is 0 Å². The summed E-state index contributed by atoms with van der Waals surface area (Å²) in [5.41, 5.74) is 4.87. The van der Waals surface area contributed by atoms with Crippen LogP contribution in [0, 0.1) is 0 Å². The van der Waals surface area contributed by atoms with Crippen LogP contribution in [0.1, 0.15) is 16.1 Å². The molecule has 0 atom stereocenters. The number of hydrogen-bond donors (Lipinski definition) is 2. The maximum absolute atomic E-state index is 12.0. The van der Waals surface area contributed by atoms with Crippen LogP contribution in [-0.2, 0) is 0 Å². The first-order chi connectivity index (χ1) is 13.2. The number of aromatic nitrogens is 2. The number of para-hydroxylation sites is 2. The Morgan fingerprint density at radius 2 is 2.07 bits per heavy atom. The standard InChI is InChI=1S/C19H13BrN4O2S/c20-13-5-3-4-12(10-13)18(25)24-21-11-14-8-9-17(26-14)27-19-22-15-6-1-2-7-16(15)23-19/h1-11H,(H,22,23)(H,24,25). The Hall–Kier alpha value is -2.84. The van der Waals surface area contributed by atoms with Gasteiger partial charge in [-0.25, -0.2) is 10.4 Å². The van der Waals surface area contributed by atoms with Crippen LogP contribution in [0.15, 0.2) is 84.9 Å². The minimum absolute atomic E-state index is 0.295.